The second kappa shape index (κ2) is 13.4. The van der Waals surface area contributed by atoms with Crippen LogP contribution in [0.25, 0.3) is 11.3 Å². The van der Waals surface area contributed by atoms with Crippen LogP contribution in [-0.4, -0.2) is 53.4 Å². The van der Waals surface area contributed by atoms with Gasteiger partial charge in [-0.2, -0.15) is 13.2 Å². The number of aryl methyl sites for hydroxylation is 1. The number of nitrogens with one attached hydrogen (secondary N) is 2. The van der Waals surface area contributed by atoms with Crippen molar-refractivity contribution >= 4 is 17.6 Å². The van der Waals surface area contributed by atoms with Crippen molar-refractivity contribution in [1.82, 2.24) is 14.9 Å². The molecule has 1 aliphatic rings. The Labute approximate surface area is 259 Å². The largest absolute Gasteiger partial charge is 0.493 e. The second-order valence-corrected chi connectivity index (χ2v) is 10.8. The molecule has 15 heteroatoms. The van der Waals surface area contributed by atoms with E-state index in [1.165, 1.54) is 4.57 Å². The predicted molar refractivity (Wildman–Crippen MR) is 155 cm³/mol. The molecule has 0 fully saturated rings. The molecule has 1 amide bonds. The van der Waals surface area contributed by atoms with Crippen molar-refractivity contribution in [3.8, 4) is 17.0 Å². The van der Waals surface area contributed by atoms with Gasteiger partial charge in [0.15, 0.2) is 11.6 Å². The highest BCUT2D eigenvalue weighted by molar-refractivity contribution is 5.97. The van der Waals surface area contributed by atoms with E-state index in [0.717, 1.165) is 14.0 Å². The number of carbonyl (C=O) groups excluding carboxylic acids is 2. The van der Waals surface area contributed by atoms with E-state index in [0.29, 0.717) is 53.3 Å². The summed E-state index contributed by atoms with van der Waals surface area (Å²) in [5.74, 6) is -7.78. The van der Waals surface area contributed by atoms with Crippen LogP contribution < -0.4 is 20.9 Å². The average molecular weight is 655 g/mol. The van der Waals surface area contributed by atoms with Crippen LogP contribution in [0.1, 0.15) is 52.6 Å². The SMILES string of the molecule is CC[C@@H](Nc1cc(F)c(C(=O)N[C@@H](Cc2ccc(-c3nc(C)c(C)n(C)c3=O)c3c2CCCO3)C(=O)OC)c(F)c1F)C(F)(F)F. The third-order valence-corrected chi connectivity index (χ3v) is 7.98. The Kier molecular flexibility index (Phi) is 10.0. The van der Waals surface area contributed by atoms with Crippen LogP contribution in [0.2, 0.25) is 0 Å². The summed E-state index contributed by atoms with van der Waals surface area (Å²) in [6.07, 6.45) is -4.61. The topological polar surface area (TPSA) is 112 Å². The molecule has 0 radical (unpaired) electrons. The smallest absolute Gasteiger partial charge is 0.408 e. The number of hydrogen-bond acceptors (Lipinski definition) is 7. The number of esters is 1. The molecule has 248 valence electrons. The van der Waals surface area contributed by atoms with Crippen LogP contribution in [0.15, 0.2) is 23.0 Å². The van der Waals surface area contributed by atoms with E-state index >= 15 is 0 Å². The maximum absolute atomic E-state index is 15.0. The van der Waals surface area contributed by atoms with Crippen molar-refractivity contribution in [1.29, 1.82) is 0 Å². The van der Waals surface area contributed by atoms with Gasteiger partial charge in [0.05, 0.1) is 25.1 Å². The highest BCUT2D eigenvalue weighted by Crippen LogP contribution is 2.37. The molecule has 0 spiro atoms. The Morgan fingerprint density at radius 2 is 1.85 bits per heavy atom. The number of alkyl halides is 3. The van der Waals surface area contributed by atoms with Gasteiger partial charge in [0.25, 0.3) is 11.5 Å². The molecule has 0 saturated carbocycles. The van der Waals surface area contributed by atoms with E-state index in [4.69, 9.17) is 9.47 Å². The zero-order valence-electron chi connectivity index (χ0n) is 25.6. The van der Waals surface area contributed by atoms with E-state index in [9.17, 15) is 40.7 Å². The standard InChI is InChI=1S/C31H32F6N4O5/c1-6-22(31(35,36)37)39-20-13-19(32)23(25(34)24(20)33)28(42)40-21(30(44)45-5)12-16-9-10-18(27-17(16)8-7-11-46-27)26-29(43)41(4)15(3)14(2)38-26/h9-10,13,21-22,39H,6-8,11-12H2,1-5H3,(H,40,42)/t21-,22+/m0/s1. The van der Waals surface area contributed by atoms with Crippen molar-refractivity contribution in [3.05, 3.63) is 74.1 Å². The van der Waals surface area contributed by atoms with Crippen molar-refractivity contribution in [2.75, 3.05) is 19.0 Å². The number of fused-ring (bicyclic) bond motifs is 1. The minimum absolute atomic E-state index is 0.152. The molecule has 46 heavy (non-hydrogen) atoms. The van der Waals surface area contributed by atoms with Gasteiger partial charge in [0, 0.05) is 30.8 Å². The zero-order chi connectivity index (χ0) is 34.1. The maximum Gasteiger partial charge on any atom is 0.408 e. The van der Waals surface area contributed by atoms with Gasteiger partial charge in [0.2, 0.25) is 0 Å². The molecule has 2 N–H and O–H groups in total. The summed E-state index contributed by atoms with van der Waals surface area (Å²) in [5, 5.41) is 3.87. The van der Waals surface area contributed by atoms with Gasteiger partial charge in [0.1, 0.15) is 34.9 Å². The third kappa shape index (κ3) is 6.67. The van der Waals surface area contributed by atoms with E-state index in [-0.39, 0.29) is 23.7 Å². The summed E-state index contributed by atoms with van der Waals surface area (Å²) in [6.45, 7) is 5.00. The first-order chi connectivity index (χ1) is 21.6. The lowest BCUT2D eigenvalue weighted by Crippen LogP contribution is -2.44. The van der Waals surface area contributed by atoms with Gasteiger partial charge in [-0.25, -0.2) is 22.9 Å². The third-order valence-electron chi connectivity index (χ3n) is 7.98. The molecule has 4 rings (SSSR count). The molecule has 1 aromatic heterocycles. The molecule has 9 nitrogen and oxygen atoms in total. The van der Waals surface area contributed by atoms with Crippen molar-refractivity contribution in [2.24, 2.45) is 7.05 Å². The highest BCUT2D eigenvalue weighted by Gasteiger charge is 2.39. The van der Waals surface area contributed by atoms with Crippen molar-refractivity contribution in [3.63, 3.8) is 0 Å². The maximum atomic E-state index is 15.0. The summed E-state index contributed by atoms with van der Waals surface area (Å²) >= 11 is 0. The molecule has 2 heterocycles. The monoisotopic (exact) mass is 654 g/mol. The van der Waals surface area contributed by atoms with Crippen LogP contribution in [0.5, 0.6) is 5.75 Å². The fourth-order valence-electron chi connectivity index (χ4n) is 5.23. The fourth-order valence-corrected chi connectivity index (χ4v) is 5.23. The number of benzene rings is 2. The quantitative estimate of drug-likeness (QED) is 0.188. The first-order valence-corrected chi connectivity index (χ1v) is 14.3. The Hall–Kier alpha value is -4.56. The number of nitrogens with zero attached hydrogens (tertiary/aromatic N) is 2. The van der Waals surface area contributed by atoms with E-state index in [1.54, 1.807) is 38.3 Å². The molecule has 3 aromatic rings. The van der Waals surface area contributed by atoms with Crippen LogP contribution in [0, 0.1) is 31.3 Å². The van der Waals surface area contributed by atoms with Gasteiger partial charge in [-0.3, -0.25) is 9.59 Å². The lowest BCUT2D eigenvalue weighted by atomic mass is 9.91. The van der Waals surface area contributed by atoms with Gasteiger partial charge < -0.3 is 24.7 Å². The molecule has 0 unspecified atom stereocenters. The average Bonchev–Trinajstić information content (AvgIpc) is 3.01. The Bertz CT molecular complexity index is 1740. The number of carbonyl (C=O) groups is 2. The Morgan fingerprint density at radius 3 is 2.48 bits per heavy atom. The molecular formula is C31H32F6N4O5. The zero-order valence-corrected chi connectivity index (χ0v) is 25.6. The number of methoxy groups -OCH3 is 1. The predicted octanol–water partition coefficient (Wildman–Crippen LogP) is 5.07. The fraction of sp³-hybridized carbons (Fsp3) is 0.419. The van der Waals surface area contributed by atoms with Crippen molar-refractivity contribution < 1.29 is 45.4 Å². The normalized spacial score (nSPS) is 14.2. The van der Waals surface area contributed by atoms with Gasteiger partial charge in [-0.15, -0.1) is 0 Å². The van der Waals surface area contributed by atoms with Gasteiger partial charge in [-0.05, 0) is 50.3 Å². The summed E-state index contributed by atoms with van der Waals surface area (Å²) < 4.78 is 96.3. The minimum atomic E-state index is -4.84. The number of hydrogen-bond donors (Lipinski definition) is 2. The Balaban J connectivity index is 1.68. The molecule has 0 saturated heterocycles. The second-order valence-electron chi connectivity index (χ2n) is 10.8. The summed E-state index contributed by atoms with van der Waals surface area (Å²) in [7, 11) is 2.64. The van der Waals surface area contributed by atoms with Crippen LogP contribution in [0.3, 0.4) is 0 Å². The lowest BCUT2D eigenvalue weighted by Gasteiger charge is -2.25. The summed E-state index contributed by atoms with van der Waals surface area (Å²) in [4.78, 5) is 43.3. The minimum Gasteiger partial charge on any atom is -0.493 e. The highest BCUT2D eigenvalue weighted by atomic mass is 19.4. The van der Waals surface area contributed by atoms with E-state index in [2.05, 4.69) is 10.3 Å². The molecule has 0 aliphatic carbocycles. The number of aromatic nitrogens is 2. The number of ether oxygens (including phenoxy) is 2. The number of amides is 1. The van der Waals surface area contributed by atoms with Gasteiger partial charge in [-0.1, -0.05) is 13.0 Å². The van der Waals surface area contributed by atoms with Gasteiger partial charge >= 0.3 is 12.1 Å². The molecule has 2 atom stereocenters. The number of rotatable bonds is 9. The van der Waals surface area contributed by atoms with E-state index < -0.39 is 65.3 Å². The Morgan fingerprint density at radius 1 is 1.15 bits per heavy atom. The first-order valence-electron chi connectivity index (χ1n) is 14.3. The van der Waals surface area contributed by atoms with Crippen LogP contribution in [-0.2, 0) is 29.4 Å². The summed E-state index contributed by atoms with van der Waals surface area (Å²) in [6, 6.07) is -0.408. The van der Waals surface area contributed by atoms with Crippen LogP contribution in [0.4, 0.5) is 32.0 Å². The van der Waals surface area contributed by atoms with E-state index in [1.807, 2.05) is 0 Å². The first kappa shape index (κ1) is 34.3. The number of halogens is 6. The molecule has 2 aromatic carbocycles. The lowest BCUT2D eigenvalue weighted by molar-refractivity contribution is -0.143. The molecular weight excluding hydrogens is 622 g/mol. The molecule has 1 aliphatic heterocycles. The van der Waals surface area contributed by atoms with Crippen LogP contribution >= 0.6 is 0 Å². The summed E-state index contributed by atoms with van der Waals surface area (Å²) in [5.41, 5.74) is 0.0700. The molecule has 0 bridgehead atoms. The number of anilines is 1. The van der Waals surface area contributed by atoms with Crippen molar-refractivity contribution in [2.45, 2.75) is 64.7 Å².